The van der Waals surface area contributed by atoms with Crippen molar-refractivity contribution >= 4 is 0 Å². The van der Waals surface area contributed by atoms with Gasteiger partial charge in [0.05, 0.1) is 12.7 Å². The molecular formula is C14H22O2. The Kier molecular flexibility index (Phi) is 4.97. The van der Waals surface area contributed by atoms with Crippen LogP contribution in [-0.4, -0.2) is 24.9 Å². The summed E-state index contributed by atoms with van der Waals surface area (Å²) in [5, 5.41) is 10.0. The molecule has 0 saturated heterocycles. The topological polar surface area (TPSA) is 29.5 Å². The molecule has 0 heterocycles. The quantitative estimate of drug-likeness (QED) is 0.829. The van der Waals surface area contributed by atoms with Crippen LogP contribution < -0.4 is 0 Å². The van der Waals surface area contributed by atoms with Crippen LogP contribution in [0.15, 0.2) is 18.2 Å². The van der Waals surface area contributed by atoms with Crippen molar-refractivity contribution < 1.29 is 9.84 Å². The average molecular weight is 222 g/mol. The molecule has 1 rings (SSSR count). The molecule has 1 aromatic carbocycles. The molecule has 1 N–H and O–H groups in total. The molecule has 0 aliphatic carbocycles. The molecule has 16 heavy (non-hydrogen) atoms. The van der Waals surface area contributed by atoms with E-state index in [9.17, 15) is 5.11 Å². The summed E-state index contributed by atoms with van der Waals surface area (Å²) in [7, 11) is 1.67. The summed E-state index contributed by atoms with van der Waals surface area (Å²) in [6.45, 7) is 6.78. The third kappa shape index (κ3) is 3.95. The fraction of sp³-hybridized carbons (Fsp3) is 0.571. The maximum absolute atomic E-state index is 10.0. The van der Waals surface area contributed by atoms with Crippen LogP contribution in [0.4, 0.5) is 0 Å². The van der Waals surface area contributed by atoms with Gasteiger partial charge in [0.15, 0.2) is 0 Å². The van der Waals surface area contributed by atoms with Crippen LogP contribution >= 0.6 is 0 Å². The Morgan fingerprint density at radius 2 is 1.75 bits per heavy atom. The molecule has 0 amide bonds. The van der Waals surface area contributed by atoms with E-state index in [0.29, 0.717) is 13.0 Å². The van der Waals surface area contributed by atoms with E-state index in [1.54, 1.807) is 7.11 Å². The molecule has 0 bridgehead atoms. The number of aryl methyl sites for hydroxylation is 2. The van der Waals surface area contributed by atoms with Gasteiger partial charge in [-0.3, -0.25) is 0 Å². The highest BCUT2D eigenvalue weighted by molar-refractivity contribution is 5.28. The molecule has 0 fully saturated rings. The van der Waals surface area contributed by atoms with Crippen LogP contribution in [0.1, 0.15) is 23.6 Å². The zero-order valence-corrected chi connectivity index (χ0v) is 10.7. The number of hydrogen-bond acceptors (Lipinski definition) is 2. The van der Waals surface area contributed by atoms with Gasteiger partial charge in [-0.05, 0) is 25.8 Å². The molecule has 0 aliphatic rings. The van der Waals surface area contributed by atoms with E-state index in [-0.39, 0.29) is 12.0 Å². The van der Waals surface area contributed by atoms with E-state index in [1.807, 2.05) is 6.92 Å². The van der Waals surface area contributed by atoms with Gasteiger partial charge in [-0.15, -0.1) is 0 Å². The largest absolute Gasteiger partial charge is 0.392 e. The lowest BCUT2D eigenvalue weighted by molar-refractivity contribution is 0.0575. The number of benzene rings is 1. The highest BCUT2D eigenvalue weighted by Crippen LogP contribution is 2.14. The molecule has 2 nitrogen and oxygen atoms in total. The molecule has 2 atom stereocenters. The van der Waals surface area contributed by atoms with Crippen molar-refractivity contribution in [2.75, 3.05) is 13.7 Å². The maximum Gasteiger partial charge on any atom is 0.0628 e. The summed E-state index contributed by atoms with van der Waals surface area (Å²) in [5.41, 5.74) is 3.70. The minimum atomic E-state index is -0.332. The first-order valence-corrected chi connectivity index (χ1v) is 5.77. The lowest BCUT2D eigenvalue weighted by Gasteiger charge is -2.18. The Bertz CT molecular complexity index is 313. The number of aliphatic hydroxyl groups excluding tert-OH is 1. The van der Waals surface area contributed by atoms with Crippen molar-refractivity contribution in [3.63, 3.8) is 0 Å². The molecule has 2 unspecified atom stereocenters. The van der Waals surface area contributed by atoms with E-state index < -0.39 is 0 Å². The second kappa shape index (κ2) is 6.02. The predicted octanol–water partition coefficient (Wildman–Crippen LogP) is 2.49. The second-order valence-corrected chi connectivity index (χ2v) is 4.70. The average Bonchev–Trinajstić information content (AvgIpc) is 2.16. The Morgan fingerprint density at radius 1 is 1.19 bits per heavy atom. The Balaban J connectivity index is 2.65. The summed E-state index contributed by atoms with van der Waals surface area (Å²) in [5.74, 6) is 0.172. The fourth-order valence-electron chi connectivity index (χ4n) is 2.00. The SMILES string of the molecule is COCC(C)C(O)Cc1cc(C)cc(C)c1. The summed E-state index contributed by atoms with van der Waals surface area (Å²) in [6.07, 6.45) is 0.369. The number of aliphatic hydroxyl groups is 1. The van der Waals surface area contributed by atoms with Gasteiger partial charge in [0, 0.05) is 13.0 Å². The van der Waals surface area contributed by atoms with Crippen molar-refractivity contribution in [2.45, 2.75) is 33.3 Å². The molecular weight excluding hydrogens is 200 g/mol. The molecule has 0 aliphatic heterocycles. The Morgan fingerprint density at radius 3 is 2.25 bits per heavy atom. The lowest BCUT2D eigenvalue weighted by atomic mass is 9.96. The summed E-state index contributed by atoms with van der Waals surface area (Å²) < 4.78 is 5.05. The van der Waals surface area contributed by atoms with Gasteiger partial charge in [0.25, 0.3) is 0 Å². The Labute approximate surface area is 98.3 Å². The summed E-state index contributed by atoms with van der Waals surface area (Å²) in [4.78, 5) is 0. The van der Waals surface area contributed by atoms with Crippen molar-refractivity contribution in [1.82, 2.24) is 0 Å². The Hall–Kier alpha value is -0.860. The molecule has 1 aromatic rings. The smallest absolute Gasteiger partial charge is 0.0628 e. The van der Waals surface area contributed by atoms with E-state index in [0.717, 1.165) is 0 Å². The normalized spacial score (nSPS) is 14.8. The summed E-state index contributed by atoms with van der Waals surface area (Å²) in [6, 6.07) is 6.42. The van der Waals surface area contributed by atoms with Crippen molar-refractivity contribution in [2.24, 2.45) is 5.92 Å². The maximum atomic E-state index is 10.0. The van der Waals surface area contributed by atoms with Gasteiger partial charge in [-0.25, -0.2) is 0 Å². The predicted molar refractivity (Wildman–Crippen MR) is 66.7 cm³/mol. The van der Waals surface area contributed by atoms with Crippen molar-refractivity contribution in [3.05, 3.63) is 34.9 Å². The molecule has 2 heteroatoms. The van der Waals surface area contributed by atoms with E-state index >= 15 is 0 Å². The van der Waals surface area contributed by atoms with Crippen LogP contribution in [-0.2, 0) is 11.2 Å². The first-order valence-electron chi connectivity index (χ1n) is 5.77. The van der Waals surface area contributed by atoms with Gasteiger partial charge >= 0.3 is 0 Å². The van der Waals surface area contributed by atoms with Crippen LogP contribution in [0.3, 0.4) is 0 Å². The highest BCUT2D eigenvalue weighted by atomic mass is 16.5. The van der Waals surface area contributed by atoms with Crippen molar-refractivity contribution in [1.29, 1.82) is 0 Å². The van der Waals surface area contributed by atoms with Crippen molar-refractivity contribution in [3.8, 4) is 0 Å². The van der Waals surface area contributed by atoms with Crippen LogP contribution in [0.5, 0.6) is 0 Å². The third-order valence-corrected chi connectivity index (χ3v) is 2.81. The molecule has 0 saturated carbocycles. The van der Waals surface area contributed by atoms with E-state index in [4.69, 9.17) is 4.74 Å². The van der Waals surface area contributed by atoms with Crippen LogP contribution in [0.2, 0.25) is 0 Å². The van der Waals surface area contributed by atoms with Gasteiger partial charge in [0.1, 0.15) is 0 Å². The van der Waals surface area contributed by atoms with Gasteiger partial charge in [-0.2, -0.15) is 0 Å². The second-order valence-electron chi connectivity index (χ2n) is 4.70. The van der Waals surface area contributed by atoms with Crippen LogP contribution in [0.25, 0.3) is 0 Å². The number of hydrogen-bond donors (Lipinski definition) is 1. The first-order chi connectivity index (χ1) is 7.52. The van der Waals surface area contributed by atoms with Gasteiger partial charge in [0.2, 0.25) is 0 Å². The number of rotatable bonds is 5. The summed E-state index contributed by atoms with van der Waals surface area (Å²) >= 11 is 0. The minimum Gasteiger partial charge on any atom is -0.392 e. The van der Waals surface area contributed by atoms with E-state index in [2.05, 4.69) is 32.0 Å². The monoisotopic (exact) mass is 222 g/mol. The van der Waals surface area contributed by atoms with Gasteiger partial charge < -0.3 is 9.84 Å². The fourth-order valence-corrected chi connectivity index (χ4v) is 2.00. The van der Waals surface area contributed by atoms with Gasteiger partial charge in [-0.1, -0.05) is 36.2 Å². The standard InChI is InChI=1S/C14H22O2/c1-10-5-11(2)7-13(6-10)8-14(15)12(3)9-16-4/h5-7,12,14-15H,8-9H2,1-4H3. The zero-order chi connectivity index (χ0) is 12.1. The lowest BCUT2D eigenvalue weighted by Crippen LogP contribution is -2.24. The first kappa shape index (κ1) is 13.2. The van der Waals surface area contributed by atoms with Crippen LogP contribution in [0, 0.1) is 19.8 Å². The number of methoxy groups -OCH3 is 1. The molecule has 90 valence electrons. The third-order valence-electron chi connectivity index (χ3n) is 2.81. The molecule has 0 spiro atoms. The molecule has 0 aromatic heterocycles. The van der Waals surface area contributed by atoms with E-state index in [1.165, 1.54) is 16.7 Å². The number of ether oxygens (including phenoxy) is 1. The molecule has 0 radical (unpaired) electrons. The minimum absolute atomic E-state index is 0.172. The zero-order valence-electron chi connectivity index (χ0n) is 10.7. The highest BCUT2D eigenvalue weighted by Gasteiger charge is 2.14.